The van der Waals surface area contributed by atoms with Gasteiger partial charge in [-0.05, 0) is 40.8 Å². The molecule has 21 heavy (non-hydrogen) atoms. The highest BCUT2D eigenvalue weighted by molar-refractivity contribution is 6.31. The highest BCUT2D eigenvalue weighted by Crippen LogP contribution is 2.26. The van der Waals surface area contributed by atoms with E-state index >= 15 is 0 Å². The third-order valence-corrected chi connectivity index (χ3v) is 4.28. The van der Waals surface area contributed by atoms with Crippen LogP contribution in [0, 0.1) is 13.8 Å². The molecule has 0 aliphatic rings. The van der Waals surface area contributed by atoms with Crippen LogP contribution in [0.15, 0.2) is 6.07 Å². The molecule has 0 saturated carbocycles. The van der Waals surface area contributed by atoms with E-state index in [1.54, 1.807) is 0 Å². The van der Waals surface area contributed by atoms with Crippen molar-refractivity contribution in [1.29, 1.82) is 0 Å². The van der Waals surface area contributed by atoms with Gasteiger partial charge in [0.1, 0.15) is 0 Å². The molecule has 1 atom stereocenters. The van der Waals surface area contributed by atoms with Crippen molar-refractivity contribution in [1.82, 2.24) is 24.9 Å². The molecular formula is C15H24ClN5. The van der Waals surface area contributed by atoms with Gasteiger partial charge in [0.05, 0.1) is 33.8 Å². The molecule has 1 unspecified atom stereocenters. The van der Waals surface area contributed by atoms with Crippen molar-refractivity contribution in [3.63, 3.8) is 0 Å². The van der Waals surface area contributed by atoms with Crippen molar-refractivity contribution in [2.75, 3.05) is 7.05 Å². The Morgan fingerprint density at radius 2 is 1.86 bits per heavy atom. The second-order valence-corrected chi connectivity index (χ2v) is 5.61. The molecule has 2 aromatic rings. The number of aromatic nitrogens is 4. The SMILES string of the molecule is CCn1nc(C)cc1C(Cc1c(Cl)c(C)nn1CC)NC. The molecule has 2 heterocycles. The van der Waals surface area contributed by atoms with Gasteiger partial charge < -0.3 is 5.32 Å². The summed E-state index contributed by atoms with van der Waals surface area (Å²) in [4.78, 5) is 0. The van der Waals surface area contributed by atoms with Crippen molar-refractivity contribution in [3.05, 3.63) is 33.9 Å². The standard InChI is InChI=1S/C15H24ClN5/c1-6-20-13(8-10(3)18-20)12(17-5)9-14-15(16)11(4)19-21(14)7-2/h8,12,17H,6-7,9H2,1-5H3. The number of nitrogens with zero attached hydrogens (tertiary/aromatic N) is 4. The summed E-state index contributed by atoms with van der Waals surface area (Å²) in [6.45, 7) is 9.85. The van der Waals surface area contributed by atoms with Gasteiger partial charge in [-0.3, -0.25) is 9.36 Å². The summed E-state index contributed by atoms with van der Waals surface area (Å²) in [5, 5.41) is 13.2. The Morgan fingerprint density at radius 3 is 2.43 bits per heavy atom. The molecule has 0 amide bonds. The molecule has 0 aliphatic carbocycles. The summed E-state index contributed by atoms with van der Waals surface area (Å²) < 4.78 is 4.03. The van der Waals surface area contributed by atoms with E-state index in [9.17, 15) is 0 Å². The molecule has 0 spiro atoms. The maximum atomic E-state index is 6.43. The van der Waals surface area contributed by atoms with Crippen LogP contribution in [0.4, 0.5) is 0 Å². The van der Waals surface area contributed by atoms with E-state index in [-0.39, 0.29) is 6.04 Å². The van der Waals surface area contributed by atoms with Gasteiger partial charge in [-0.25, -0.2) is 0 Å². The highest BCUT2D eigenvalue weighted by atomic mass is 35.5. The largest absolute Gasteiger partial charge is 0.311 e. The molecule has 5 nitrogen and oxygen atoms in total. The number of likely N-dealkylation sites (N-methyl/N-ethyl adjacent to an activating group) is 1. The van der Waals surface area contributed by atoms with Gasteiger partial charge in [0.25, 0.3) is 0 Å². The lowest BCUT2D eigenvalue weighted by Gasteiger charge is -2.18. The lowest BCUT2D eigenvalue weighted by Crippen LogP contribution is -2.23. The summed E-state index contributed by atoms with van der Waals surface area (Å²) in [5.74, 6) is 0. The number of halogens is 1. The summed E-state index contributed by atoms with van der Waals surface area (Å²) >= 11 is 6.43. The first-order valence-electron chi connectivity index (χ1n) is 7.45. The van der Waals surface area contributed by atoms with Crippen molar-refractivity contribution in [3.8, 4) is 0 Å². The van der Waals surface area contributed by atoms with Crippen molar-refractivity contribution >= 4 is 11.6 Å². The minimum Gasteiger partial charge on any atom is -0.311 e. The summed E-state index contributed by atoms with van der Waals surface area (Å²) in [5.41, 5.74) is 4.20. The number of rotatable bonds is 6. The van der Waals surface area contributed by atoms with E-state index in [4.69, 9.17) is 11.6 Å². The lowest BCUT2D eigenvalue weighted by atomic mass is 10.1. The number of nitrogens with one attached hydrogen (secondary N) is 1. The van der Waals surface area contributed by atoms with Crippen LogP contribution in [0.5, 0.6) is 0 Å². The molecule has 0 bridgehead atoms. The zero-order valence-electron chi connectivity index (χ0n) is 13.4. The monoisotopic (exact) mass is 309 g/mol. The number of aryl methyl sites for hydroxylation is 4. The summed E-state index contributed by atoms with van der Waals surface area (Å²) in [6, 6.07) is 2.31. The maximum absolute atomic E-state index is 6.43. The van der Waals surface area contributed by atoms with E-state index in [2.05, 4.69) is 35.4 Å². The first kappa shape index (κ1) is 16.0. The van der Waals surface area contributed by atoms with Gasteiger partial charge in [-0.2, -0.15) is 10.2 Å². The fourth-order valence-electron chi connectivity index (χ4n) is 2.71. The molecule has 6 heteroatoms. The molecule has 2 rings (SSSR count). The molecule has 2 aromatic heterocycles. The molecule has 0 saturated heterocycles. The Balaban J connectivity index is 2.35. The predicted molar refractivity (Wildman–Crippen MR) is 85.8 cm³/mol. The first-order chi connectivity index (χ1) is 10.0. The van der Waals surface area contributed by atoms with E-state index in [1.165, 1.54) is 5.69 Å². The normalized spacial score (nSPS) is 12.9. The van der Waals surface area contributed by atoms with Crippen LogP contribution in [-0.2, 0) is 19.5 Å². The Hall–Kier alpha value is -1.33. The molecular weight excluding hydrogens is 286 g/mol. The maximum Gasteiger partial charge on any atom is 0.0847 e. The Labute approximate surface area is 131 Å². The third-order valence-electron chi connectivity index (χ3n) is 3.79. The smallest absolute Gasteiger partial charge is 0.0847 e. The van der Waals surface area contributed by atoms with Gasteiger partial charge in [-0.15, -0.1) is 0 Å². The van der Waals surface area contributed by atoms with Gasteiger partial charge >= 0.3 is 0 Å². The average molecular weight is 310 g/mol. The van der Waals surface area contributed by atoms with E-state index < -0.39 is 0 Å². The quantitative estimate of drug-likeness (QED) is 0.892. The predicted octanol–water partition coefficient (Wildman–Crippen LogP) is 2.89. The van der Waals surface area contributed by atoms with Gasteiger partial charge in [0, 0.05) is 19.5 Å². The fourth-order valence-corrected chi connectivity index (χ4v) is 2.92. The Morgan fingerprint density at radius 1 is 1.19 bits per heavy atom. The minimum absolute atomic E-state index is 0.171. The molecule has 0 aromatic carbocycles. The van der Waals surface area contributed by atoms with Crippen LogP contribution in [-0.4, -0.2) is 26.6 Å². The molecule has 0 aliphatic heterocycles. The van der Waals surface area contributed by atoms with E-state index in [0.717, 1.165) is 41.6 Å². The average Bonchev–Trinajstić information content (AvgIpc) is 2.98. The molecule has 0 radical (unpaired) electrons. The highest BCUT2D eigenvalue weighted by Gasteiger charge is 2.21. The third kappa shape index (κ3) is 3.14. The van der Waals surface area contributed by atoms with Crippen molar-refractivity contribution in [2.45, 2.75) is 53.2 Å². The van der Waals surface area contributed by atoms with Crippen molar-refractivity contribution < 1.29 is 0 Å². The molecule has 0 fully saturated rings. The zero-order valence-corrected chi connectivity index (χ0v) is 14.2. The van der Waals surface area contributed by atoms with Gasteiger partial charge in [0.15, 0.2) is 0 Å². The Kier molecular flexibility index (Phi) is 5.06. The summed E-state index contributed by atoms with van der Waals surface area (Å²) in [7, 11) is 1.97. The van der Waals surface area contributed by atoms with Crippen LogP contribution in [0.1, 0.15) is 42.7 Å². The first-order valence-corrected chi connectivity index (χ1v) is 7.82. The van der Waals surface area contributed by atoms with E-state index in [1.807, 2.05) is 30.3 Å². The van der Waals surface area contributed by atoms with Gasteiger partial charge in [0.2, 0.25) is 0 Å². The second-order valence-electron chi connectivity index (χ2n) is 5.23. The minimum atomic E-state index is 0.171. The van der Waals surface area contributed by atoms with Crippen LogP contribution in [0.25, 0.3) is 0 Å². The van der Waals surface area contributed by atoms with Crippen LogP contribution >= 0.6 is 11.6 Å². The van der Waals surface area contributed by atoms with Crippen LogP contribution < -0.4 is 5.32 Å². The molecule has 1 N–H and O–H groups in total. The van der Waals surface area contributed by atoms with Crippen molar-refractivity contribution in [2.24, 2.45) is 0 Å². The van der Waals surface area contributed by atoms with Crippen LogP contribution in [0.3, 0.4) is 0 Å². The van der Waals surface area contributed by atoms with E-state index in [0.29, 0.717) is 0 Å². The van der Waals surface area contributed by atoms with Gasteiger partial charge in [-0.1, -0.05) is 11.6 Å². The number of hydrogen-bond acceptors (Lipinski definition) is 3. The lowest BCUT2D eigenvalue weighted by molar-refractivity contribution is 0.492. The zero-order chi connectivity index (χ0) is 15.6. The second kappa shape index (κ2) is 6.62. The van der Waals surface area contributed by atoms with Crippen LogP contribution in [0.2, 0.25) is 5.02 Å². The Bertz CT molecular complexity index is 614. The number of hydrogen-bond donors (Lipinski definition) is 1. The fraction of sp³-hybridized carbons (Fsp3) is 0.600. The topological polar surface area (TPSA) is 47.7 Å². The summed E-state index contributed by atoms with van der Waals surface area (Å²) in [6.07, 6.45) is 0.801. The molecule has 116 valence electrons.